The van der Waals surface area contributed by atoms with E-state index in [1.54, 1.807) is 6.07 Å². The van der Waals surface area contributed by atoms with Gasteiger partial charge in [-0.1, -0.05) is 29.8 Å². The standard InChI is InChI=1S/C15H17ClN4O.ClH/c1-10-9-17-6-7-20(10)15(21)14-8-13(18-19-14)11-4-2-3-5-12(11)16;/h2-5,8,10,17H,6-7,9H2,1H3,(H,18,19);1H. The lowest BCUT2D eigenvalue weighted by molar-refractivity contribution is 0.0649. The second-order valence-corrected chi connectivity index (χ2v) is 5.61. The highest BCUT2D eigenvalue weighted by Gasteiger charge is 2.25. The molecule has 0 aliphatic carbocycles. The van der Waals surface area contributed by atoms with Crippen LogP contribution in [0.2, 0.25) is 5.02 Å². The Morgan fingerprint density at radius 1 is 1.41 bits per heavy atom. The first-order valence-corrected chi connectivity index (χ1v) is 7.36. The number of carbonyl (C=O) groups excluding carboxylic acids is 1. The number of piperazine rings is 1. The van der Waals surface area contributed by atoms with Gasteiger partial charge in [-0.2, -0.15) is 5.10 Å². The average Bonchev–Trinajstić information content (AvgIpc) is 2.97. The van der Waals surface area contributed by atoms with Crippen molar-refractivity contribution in [3.05, 3.63) is 41.0 Å². The summed E-state index contributed by atoms with van der Waals surface area (Å²) in [5.41, 5.74) is 2.01. The number of nitrogens with zero attached hydrogens (tertiary/aromatic N) is 2. The molecule has 2 N–H and O–H groups in total. The van der Waals surface area contributed by atoms with E-state index in [0.717, 1.165) is 18.7 Å². The summed E-state index contributed by atoms with van der Waals surface area (Å²) in [5, 5.41) is 10.9. The fraction of sp³-hybridized carbons (Fsp3) is 0.333. The number of hydrogen-bond donors (Lipinski definition) is 2. The molecule has 118 valence electrons. The van der Waals surface area contributed by atoms with Crippen LogP contribution in [-0.2, 0) is 0 Å². The van der Waals surface area contributed by atoms with Crippen LogP contribution in [0.15, 0.2) is 30.3 Å². The van der Waals surface area contributed by atoms with Gasteiger partial charge in [-0.15, -0.1) is 12.4 Å². The molecule has 1 atom stereocenters. The normalized spacial score (nSPS) is 17.9. The van der Waals surface area contributed by atoms with E-state index in [1.165, 1.54) is 0 Å². The summed E-state index contributed by atoms with van der Waals surface area (Å²) in [6.45, 7) is 4.38. The lowest BCUT2D eigenvalue weighted by atomic mass is 10.1. The molecule has 22 heavy (non-hydrogen) atoms. The van der Waals surface area contributed by atoms with E-state index in [0.29, 0.717) is 23.0 Å². The van der Waals surface area contributed by atoms with Gasteiger partial charge in [0, 0.05) is 31.2 Å². The number of carbonyl (C=O) groups is 1. The van der Waals surface area contributed by atoms with Crippen LogP contribution in [0, 0.1) is 0 Å². The van der Waals surface area contributed by atoms with E-state index >= 15 is 0 Å². The Labute approximate surface area is 140 Å². The summed E-state index contributed by atoms with van der Waals surface area (Å²) in [5.74, 6) is -0.0187. The Kier molecular flexibility index (Phi) is 5.45. The van der Waals surface area contributed by atoms with Gasteiger partial charge < -0.3 is 10.2 Å². The van der Waals surface area contributed by atoms with Crippen molar-refractivity contribution in [3.8, 4) is 11.3 Å². The lowest BCUT2D eigenvalue weighted by Crippen LogP contribution is -2.52. The van der Waals surface area contributed by atoms with Crippen molar-refractivity contribution in [2.24, 2.45) is 0 Å². The summed E-state index contributed by atoms with van der Waals surface area (Å²) in [4.78, 5) is 14.4. The lowest BCUT2D eigenvalue weighted by Gasteiger charge is -2.33. The molecule has 5 nitrogen and oxygen atoms in total. The monoisotopic (exact) mass is 340 g/mol. The second kappa shape index (κ2) is 7.13. The van der Waals surface area contributed by atoms with Crippen molar-refractivity contribution in [2.75, 3.05) is 19.6 Å². The number of halogens is 2. The first-order valence-electron chi connectivity index (χ1n) is 6.99. The molecular formula is C15H18Cl2N4O. The third-order valence-electron chi connectivity index (χ3n) is 3.72. The maximum absolute atomic E-state index is 12.5. The Hall–Kier alpha value is -1.56. The molecule has 0 spiro atoms. The quantitative estimate of drug-likeness (QED) is 0.883. The highest BCUT2D eigenvalue weighted by atomic mass is 35.5. The zero-order valence-electron chi connectivity index (χ0n) is 12.2. The number of H-pyrrole nitrogens is 1. The number of aromatic amines is 1. The van der Waals surface area contributed by atoms with Gasteiger partial charge in [0.25, 0.3) is 5.91 Å². The maximum atomic E-state index is 12.5. The Bertz CT molecular complexity index is 658. The molecule has 1 aromatic heterocycles. The third-order valence-corrected chi connectivity index (χ3v) is 4.05. The average molecular weight is 341 g/mol. The Morgan fingerprint density at radius 2 is 2.18 bits per heavy atom. The van der Waals surface area contributed by atoms with Gasteiger partial charge in [0.05, 0.1) is 10.7 Å². The van der Waals surface area contributed by atoms with Crippen molar-refractivity contribution < 1.29 is 4.79 Å². The van der Waals surface area contributed by atoms with Crippen molar-refractivity contribution in [3.63, 3.8) is 0 Å². The Morgan fingerprint density at radius 3 is 2.91 bits per heavy atom. The zero-order chi connectivity index (χ0) is 14.8. The van der Waals surface area contributed by atoms with Gasteiger partial charge in [-0.3, -0.25) is 9.89 Å². The maximum Gasteiger partial charge on any atom is 0.272 e. The number of benzene rings is 1. The molecule has 1 fully saturated rings. The van der Waals surface area contributed by atoms with E-state index in [-0.39, 0.29) is 24.4 Å². The second-order valence-electron chi connectivity index (χ2n) is 5.20. The number of rotatable bonds is 2. The van der Waals surface area contributed by atoms with Crippen LogP contribution in [0.25, 0.3) is 11.3 Å². The first kappa shape index (κ1) is 16.8. The number of nitrogens with one attached hydrogen (secondary N) is 2. The highest BCUT2D eigenvalue weighted by Crippen LogP contribution is 2.26. The SMILES string of the molecule is CC1CNCCN1C(=O)c1cc(-c2ccccc2Cl)n[nH]1.Cl. The predicted molar refractivity (Wildman–Crippen MR) is 89.6 cm³/mol. The third kappa shape index (κ3) is 3.27. The van der Waals surface area contributed by atoms with Gasteiger partial charge in [0.15, 0.2) is 0 Å². The fourth-order valence-electron chi connectivity index (χ4n) is 2.54. The van der Waals surface area contributed by atoms with Gasteiger partial charge in [0.1, 0.15) is 5.69 Å². The summed E-state index contributed by atoms with van der Waals surface area (Å²) in [6, 6.07) is 9.41. The molecule has 0 radical (unpaired) electrons. The van der Waals surface area contributed by atoms with Crippen molar-refractivity contribution in [2.45, 2.75) is 13.0 Å². The summed E-state index contributed by atoms with van der Waals surface area (Å²) in [7, 11) is 0. The minimum Gasteiger partial charge on any atom is -0.332 e. The summed E-state index contributed by atoms with van der Waals surface area (Å²) >= 11 is 6.16. The smallest absolute Gasteiger partial charge is 0.272 e. The van der Waals surface area contributed by atoms with E-state index in [1.807, 2.05) is 36.1 Å². The largest absolute Gasteiger partial charge is 0.332 e. The number of hydrogen-bond acceptors (Lipinski definition) is 3. The molecule has 7 heteroatoms. The summed E-state index contributed by atoms with van der Waals surface area (Å²) < 4.78 is 0. The van der Waals surface area contributed by atoms with E-state index in [2.05, 4.69) is 15.5 Å². The van der Waals surface area contributed by atoms with Crippen LogP contribution in [0.3, 0.4) is 0 Å². The van der Waals surface area contributed by atoms with E-state index in [9.17, 15) is 4.79 Å². The van der Waals surface area contributed by atoms with Crippen molar-refractivity contribution in [1.82, 2.24) is 20.4 Å². The van der Waals surface area contributed by atoms with Crippen LogP contribution in [0.1, 0.15) is 17.4 Å². The number of amides is 1. The van der Waals surface area contributed by atoms with Gasteiger partial charge in [-0.25, -0.2) is 0 Å². The zero-order valence-corrected chi connectivity index (χ0v) is 13.7. The van der Waals surface area contributed by atoms with Crippen molar-refractivity contribution >= 4 is 29.9 Å². The van der Waals surface area contributed by atoms with Crippen LogP contribution < -0.4 is 5.32 Å². The highest BCUT2D eigenvalue weighted by molar-refractivity contribution is 6.33. The fourth-order valence-corrected chi connectivity index (χ4v) is 2.77. The van der Waals surface area contributed by atoms with Gasteiger partial charge in [-0.05, 0) is 19.1 Å². The van der Waals surface area contributed by atoms with Crippen molar-refractivity contribution in [1.29, 1.82) is 0 Å². The molecule has 2 heterocycles. The number of aromatic nitrogens is 2. The molecule has 3 rings (SSSR count). The predicted octanol–water partition coefficient (Wildman–Crippen LogP) is 2.59. The van der Waals surface area contributed by atoms with Crippen LogP contribution in [0.5, 0.6) is 0 Å². The minimum atomic E-state index is -0.0187. The van der Waals surface area contributed by atoms with Crippen LogP contribution in [0.4, 0.5) is 0 Å². The molecule has 1 aromatic carbocycles. The molecule has 2 aromatic rings. The van der Waals surface area contributed by atoms with Crippen LogP contribution >= 0.6 is 24.0 Å². The molecule has 0 saturated carbocycles. The van der Waals surface area contributed by atoms with Crippen LogP contribution in [-0.4, -0.2) is 46.7 Å². The molecule has 1 unspecified atom stereocenters. The van der Waals surface area contributed by atoms with E-state index in [4.69, 9.17) is 11.6 Å². The molecule has 1 aliphatic heterocycles. The Balaban J connectivity index is 0.00000176. The molecule has 1 aliphatic rings. The molecule has 1 amide bonds. The first-order chi connectivity index (χ1) is 10.2. The summed E-state index contributed by atoms with van der Waals surface area (Å²) in [6.07, 6.45) is 0. The minimum absolute atomic E-state index is 0. The van der Waals surface area contributed by atoms with Gasteiger partial charge in [0.2, 0.25) is 0 Å². The van der Waals surface area contributed by atoms with E-state index < -0.39 is 0 Å². The molecular weight excluding hydrogens is 323 g/mol. The molecule has 1 saturated heterocycles. The van der Waals surface area contributed by atoms with Gasteiger partial charge >= 0.3 is 0 Å². The molecule has 0 bridgehead atoms. The topological polar surface area (TPSA) is 61.0 Å².